The number of halogens is 2. The highest BCUT2D eigenvalue weighted by molar-refractivity contribution is 9.10. The van der Waals surface area contributed by atoms with Crippen molar-refractivity contribution in [1.29, 1.82) is 0 Å². The fourth-order valence-electron chi connectivity index (χ4n) is 1.58. The van der Waals surface area contributed by atoms with E-state index in [0.29, 0.717) is 10.8 Å². The number of anilines is 1. The molecule has 2 aromatic carbocycles. The van der Waals surface area contributed by atoms with Gasteiger partial charge in [-0.15, -0.1) is 0 Å². The summed E-state index contributed by atoms with van der Waals surface area (Å²) in [4.78, 5) is 11.8. The summed E-state index contributed by atoms with van der Waals surface area (Å²) < 4.78 is 6.19. The topological polar surface area (TPSA) is 50.4 Å². The monoisotopic (exact) mass is 398 g/mol. The van der Waals surface area contributed by atoms with Crippen molar-refractivity contribution in [2.24, 2.45) is 0 Å². The molecule has 0 radical (unpaired) electrons. The van der Waals surface area contributed by atoms with Crippen molar-refractivity contribution in [3.63, 3.8) is 0 Å². The summed E-state index contributed by atoms with van der Waals surface area (Å²) in [6.07, 6.45) is 0. The number of carbonyl (C=O) groups excluding carboxylic acids is 1. The summed E-state index contributed by atoms with van der Waals surface area (Å²) in [5.41, 5.74) is 0.796. The molecule has 4 nitrogen and oxygen atoms in total. The summed E-state index contributed by atoms with van der Waals surface area (Å²) in [6, 6.07) is 14.5. The highest BCUT2D eigenvalue weighted by atomic mass is 79.9. The molecule has 2 N–H and O–H groups in total. The molecule has 2 rings (SSSR count). The summed E-state index contributed by atoms with van der Waals surface area (Å²) in [7, 11) is 0. The van der Waals surface area contributed by atoms with Gasteiger partial charge in [0.05, 0.1) is 5.02 Å². The van der Waals surface area contributed by atoms with Crippen LogP contribution in [0.5, 0.6) is 5.75 Å². The Labute approximate surface area is 146 Å². The minimum atomic E-state index is -0.368. The Morgan fingerprint density at radius 2 is 1.95 bits per heavy atom. The normalized spacial score (nSPS) is 9.91. The van der Waals surface area contributed by atoms with E-state index in [1.807, 2.05) is 30.3 Å². The van der Waals surface area contributed by atoms with E-state index in [1.165, 1.54) is 0 Å². The van der Waals surface area contributed by atoms with Crippen molar-refractivity contribution < 1.29 is 9.53 Å². The summed E-state index contributed by atoms with van der Waals surface area (Å²) >= 11 is 14.4. The van der Waals surface area contributed by atoms with E-state index in [-0.39, 0.29) is 17.6 Å². The molecule has 1 amide bonds. The Kier molecular flexibility index (Phi) is 6.18. The number of benzene rings is 2. The second-order valence-corrected chi connectivity index (χ2v) is 5.96. The molecular formula is C15H12BrClN2O2S. The maximum absolute atomic E-state index is 11.8. The number of carbonyl (C=O) groups is 1. The number of hydrogen-bond acceptors (Lipinski definition) is 3. The van der Waals surface area contributed by atoms with Crippen LogP contribution < -0.4 is 15.4 Å². The third-order valence-electron chi connectivity index (χ3n) is 2.54. The second-order valence-electron chi connectivity index (χ2n) is 4.23. The maximum Gasteiger partial charge on any atom is 0.264 e. The number of nitrogens with one attached hydrogen (secondary N) is 2. The Bertz CT molecular complexity index is 682. The molecule has 0 unspecified atom stereocenters. The predicted molar refractivity (Wildman–Crippen MR) is 95.5 cm³/mol. The standard InChI is InChI=1S/C15H12BrClN2O2S/c16-10-6-7-13(12(17)8-10)21-9-14(20)19-15(22)18-11-4-2-1-3-5-11/h1-8H,9H2,(H2,18,19,20,22). The quantitative estimate of drug-likeness (QED) is 0.763. The molecule has 2 aromatic rings. The van der Waals surface area contributed by atoms with Crippen molar-refractivity contribution in [3.8, 4) is 5.75 Å². The van der Waals surface area contributed by atoms with Crippen LogP contribution in [-0.2, 0) is 4.79 Å². The van der Waals surface area contributed by atoms with Gasteiger partial charge in [-0.25, -0.2) is 0 Å². The molecule has 0 aromatic heterocycles. The molecule has 22 heavy (non-hydrogen) atoms. The molecule has 0 atom stereocenters. The summed E-state index contributed by atoms with van der Waals surface area (Å²) in [5, 5.41) is 6.07. The van der Waals surface area contributed by atoms with Crippen LogP contribution in [0.1, 0.15) is 0 Å². The average molecular weight is 400 g/mol. The molecule has 0 bridgehead atoms. The zero-order valence-corrected chi connectivity index (χ0v) is 14.5. The van der Waals surface area contributed by atoms with Gasteiger partial charge in [-0.2, -0.15) is 0 Å². The third-order valence-corrected chi connectivity index (χ3v) is 3.53. The van der Waals surface area contributed by atoms with Gasteiger partial charge in [0.25, 0.3) is 5.91 Å². The van der Waals surface area contributed by atoms with E-state index in [1.54, 1.807) is 18.2 Å². The SMILES string of the molecule is O=C(COc1ccc(Br)cc1Cl)NC(=S)Nc1ccccc1. The Balaban J connectivity index is 1.81. The van der Waals surface area contributed by atoms with Gasteiger partial charge in [-0.1, -0.05) is 45.7 Å². The smallest absolute Gasteiger partial charge is 0.264 e. The zero-order chi connectivity index (χ0) is 15.9. The molecule has 0 aliphatic carbocycles. The molecule has 0 fully saturated rings. The molecule has 0 saturated heterocycles. The highest BCUT2D eigenvalue weighted by Crippen LogP contribution is 2.27. The van der Waals surface area contributed by atoms with Gasteiger partial charge in [-0.3, -0.25) is 10.1 Å². The number of para-hydroxylation sites is 1. The van der Waals surface area contributed by atoms with Crippen LogP contribution >= 0.6 is 39.7 Å². The van der Waals surface area contributed by atoms with E-state index in [4.69, 9.17) is 28.6 Å². The van der Waals surface area contributed by atoms with Crippen molar-refractivity contribution in [2.45, 2.75) is 0 Å². The van der Waals surface area contributed by atoms with Crippen LogP contribution in [0, 0.1) is 0 Å². The lowest BCUT2D eigenvalue weighted by molar-refractivity contribution is -0.121. The first-order valence-electron chi connectivity index (χ1n) is 6.28. The lowest BCUT2D eigenvalue weighted by Crippen LogP contribution is -2.37. The van der Waals surface area contributed by atoms with Gasteiger partial charge in [0.1, 0.15) is 5.75 Å². The molecule has 114 valence electrons. The van der Waals surface area contributed by atoms with E-state index >= 15 is 0 Å². The van der Waals surface area contributed by atoms with Gasteiger partial charge >= 0.3 is 0 Å². The zero-order valence-electron chi connectivity index (χ0n) is 11.3. The Hall–Kier alpha value is -1.63. The molecule has 0 aliphatic heterocycles. The van der Waals surface area contributed by atoms with Gasteiger partial charge in [0, 0.05) is 10.2 Å². The summed E-state index contributed by atoms with van der Waals surface area (Å²) in [6.45, 7) is -0.183. The van der Waals surface area contributed by atoms with Gasteiger partial charge in [-0.05, 0) is 42.5 Å². The largest absolute Gasteiger partial charge is 0.482 e. The first-order chi connectivity index (χ1) is 10.5. The molecule has 0 heterocycles. The number of hydrogen-bond donors (Lipinski definition) is 2. The van der Waals surface area contributed by atoms with Crippen LogP contribution in [0.25, 0.3) is 0 Å². The maximum atomic E-state index is 11.8. The average Bonchev–Trinajstić information content (AvgIpc) is 2.47. The van der Waals surface area contributed by atoms with Gasteiger partial charge in [0.2, 0.25) is 0 Å². The number of ether oxygens (including phenoxy) is 1. The molecule has 7 heteroatoms. The minimum Gasteiger partial charge on any atom is -0.482 e. The highest BCUT2D eigenvalue weighted by Gasteiger charge is 2.08. The van der Waals surface area contributed by atoms with E-state index < -0.39 is 0 Å². The van der Waals surface area contributed by atoms with Crippen LogP contribution in [0.15, 0.2) is 53.0 Å². The summed E-state index contributed by atoms with van der Waals surface area (Å²) in [5.74, 6) is 0.0642. The van der Waals surface area contributed by atoms with E-state index in [9.17, 15) is 4.79 Å². The van der Waals surface area contributed by atoms with E-state index in [2.05, 4.69) is 26.6 Å². The Morgan fingerprint density at radius 1 is 1.23 bits per heavy atom. The van der Waals surface area contributed by atoms with Crippen LogP contribution in [0.2, 0.25) is 5.02 Å². The fraction of sp³-hybridized carbons (Fsp3) is 0.0667. The molecule has 0 aliphatic rings. The Morgan fingerprint density at radius 3 is 2.64 bits per heavy atom. The van der Waals surface area contributed by atoms with Crippen LogP contribution in [-0.4, -0.2) is 17.6 Å². The lowest BCUT2D eigenvalue weighted by Gasteiger charge is -2.11. The van der Waals surface area contributed by atoms with Crippen molar-refractivity contribution in [1.82, 2.24) is 5.32 Å². The number of thiocarbonyl (C=S) groups is 1. The van der Waals surface area contributed by atoms with E-state index in [0.717, 1.165) is 10.2 Å². The lowest BCUT2D eigenvalue weighted by atomic mass is 10.3. The van der Waals surface area contributed by atoms with Gasteiger partial charge in [0.15, 0.2) is 11.7 Å². The molecule has 0 saturated carbocycles. The second kappa shape index (κ2) is 8.12. The van der Waals surface area contributed by atoms with Crippen molar-refractivity contribution >= 4 is 56.5 Å². The van der Waals surface area contributed by atoms with Crippen molar-refractivity contribution in [2.75, 3.05) is 11.9 Å². The first-order valence-corrected chi connectivity index (χ1v) is 7.86. The van der Waals surface area contributed by atoms with Gasteiger partial charge < -0.3 is 10.1 Å². The fourth-order valence-corrected chi connectivity index (χ4v) is 2.54. The molecular weight excluding hydrogens is 388 g/mol. The van der Waals surface area contributed by atoms with Crippen molar-refractivity contribution in [3.05, 3.63) is 58.0 Å². The number of amides is 1. The molecule has 0 spiro atoms. The first kappa shape index (κ1) is 16.7. The number of rotatable bonds is 4. The van der Waals surface area contributed by atoms with Crippen LogP contribution in [0.3, 0.4) is 0 Å². The van der Waals surface area contributed by atoms with Crippen LogP contribution in [0.4, 0.5) is 5.69 Å². The predicted octanol–water partition coefficient (Wildman–Crippen LogP) is 3.99. The third kappa shape index (κ3) is 5.29. The minimum absolute atomic E-state index is 0.183.